The molecule has 0 amide bonds. The van der Waals surface area contributed by atoms with E-state index in [1.807, 2.05) is 0 Å². The van der Waals surface area contributed by atoms with Crippen molar-refractivity contribution < 1.29 is 14.0 Å². The molecule has 0 heterocycles. The van der Waals surface area contributed by atoms with Crippen LogP contribution in [0.25, 0.3) is 0 Å². The molecule has 0 aromatic carbocycles. The van der Waals surface area contributed by atoms with Crippen LogP contribution in [0.15, 0.2) is 0 Å². The number of carbonyl (C=O) groups is 1. The summed E-state index contributed by atoms with van der Waals surface area (Å²) in [7, 11) is -0.489. The lowest BCUT2D eigenvalue weighted by molar-refractivity contribution is -0.141. The van der Waals surface area contributed by atoms with Gasteiger partial charge in [0.2, 0.25) is 0 Å². The number of esters is 1. The minimum Gasteiger partial charge on any atom is -0.469 e. The zero-order chi connectivity index (χ0) is 13.7. The van der Waals surface area contributed by atoms with Gasteiger partial charge in [-0.15, -0.1) is 6.42 Å². The van der Waals surface area contributed by atoms with E-state index in [2.05, 4.69) is 44.5 Å². The van der Waals surface area contributed by atoms with Gasteiger partial charge in [0.1, 0.15) is 6.10 Å². The van der Waals surface area contributed by atoms with Crippen LogP contribution in [0.2, 0.25) is 18.1 Å². The van der Waals surface area contributed by atoms with Gasteiger partial charge in [-0.2, -0.15) is 0 Å². The summed E-state index contributed by atoms with van der Waals surface area (Å²) >= 11 is 0. The van der Waals surface area contributed by atoms with Crippen molar-refractivity contribution in [1.82, 2.24) is 0 Å². The molecule has 0 saturated carbocycles. The Balaban J connectivity index is 4.42. The standard InChI is InChI=1S/C13H24O3Si/c1-8-11(9-10-12(14)15-5)16-17(6,7)13(2,3)4/h1,11H,9-10H2,2-7H3/t11-/m0/s1. The first-order valence-corrected chi connectivity index (χ1v) is 8.75. The van der Waals surface area contributed by atoms with E-state index in [4.69, 9.17) is 10.8 Å². The Kier molecular flexibility index (Phi) is 5.93. The van der Waals surface area contributed by atoms with E-state index in [1.54, 1.807) is 0 Å². The summed E-state index contributed by atoms with van der Waals surface area (Å²) < 4.78 is 10.6. The van der Waals surface area contributed by atoms with Gasteiger partial charge in [-0.05, 0) is 24.6 Å². The van der Waals surface area contributed by atoms with Gasteiger partial charge in [-0.25, -0.2) is 0 Å². The van der Waals surface area contributed by atoms with Crippen LogP contribution in [0.1, 0.15) is 33.6 Å². The number of terminal acetylenes is 1. The molecule has 1 atom stereocenters. The lowest BCUT2D eigenvalue weighted by Gasteiger charge is -2.38. The summed E-state index contributed by atoms with van der Waals surface area (Å²) in [6, 6.07) is 0. The average Bonchev–Trinajstić information content (AvgIpc) is 2.21. The van der Waals surface area contributed by atoms with Crippen LogP contribution < -0.4 is 0 Å². The molecular weight excluding hydrogens is 232 g/mol. The Bertz CT molecular complexity index is 297. The second-order valence-electron chi connectivity index (χ2n) is 5.65. The number of rotatable bonds is 5. The average molecular weight is 256 g/mol. The lowest BCUT2D eigenvalue weighted by Crippen LogP contribution is -2.43. The topological polar surface area (TPSA) is 35.5 Å². The third-order valence-electron chi connectivity index (χ3n) is 3.27. The van der Waals surface area contributed by atoms with Crippen LogP contribution in [0.3, 0.4) is 0 Å². The van der Waals surface area contributed by atoms with Gasteiger partial charge in [-0.3, -0.25) is 4.79 Å². The van der Waals surface area contributed by atoms with E-state index in [0.717, 1.165) is 0 Å². The number of ether oxygens (including phenoxy) is 1. The van der Waals surface area contributed by atoms with Crippen molar-refractivity contribution >= 4 is 14.3 Å². The molecule has 0 fully saturated rings. The van der Waals surface area contributed by atoms with E-state index in [1.165, 1.54) is 7.11 Å². The van der Waals surface area contributed by atoms with E-state index < -0.39 is 8.32 Å². The maximum Gasteiger partial charge on any atom is 0.305 e. The highest BCUT2D eigenvalue weighted by atomic mass is 28.4. The van der Waals surface area contributed by atoms with Crippen molar-refractivity contribution in [2.45, 2.75) is 57.8 Å². The highest BCUT2D eigenvalue weighted by molar-refractivity contribution is 6.74. The van der Waals surface area contributed by atoms with Crippen LogP contribution in [0.5, 0.6) is 0 Å². The molecule has 0 saturated heterocycles. The summed E-state index contributed by atoms with van der Waals surface area (Å²) in [6.07, 6.45) is 5.98. The third-order valence-corrected chi connectivity index (χ3v) is 7.75. The number of hydrogen-bond acceptors (Lipinski definition) is 3. The van der Waals surface area contributed by atoms with Crippen molar-refractivity contribution in [2.75, 3.05) is 7.11 Å². The van der Waals surface area contributed by atoms with Crippen LogP contribution in [-0.2, 0) is 14.0 Å². The van der Waals surface area contributed by atoms with Gasteiger partial charge >= 0.3 is 5.97 Å². The molecule has 0 bridgehead atoms. The first-order valence-electron chi connectivity index (χ1n) is 5.85. The molecular formula is C13H24O3Si. The molecule has 0 aliphatic carbocycles. The Morgan fingerprint density at radius 3 is 2.29 bits per heavy atom. The van der Waals surface area contributed by atoms with Gasteiger partial charge in [0.15, 0.2) is 8.32 Å². The predicted molar refractivity (Wildman–Crippen MR) is 72.2 cm³/mol. The molecule has 0 aliphatic heterocycles. The van der Waals surface area contributed by atoms with Crippen molar-refractivity contribution in [1.29, 1.82) is 0 Å². The quantitative estimate of drug-likeness (QED) is 0.431. The van der Waals surface area contributed by atoms with Crippen molar-refractivity contribution in [3.05, 3.63) is 0 Å². The fraction of sp³-hybridized carbons (Fsp3) is 0.769. The fourth-order valence-electron chi connectivity index (χ4n) is 1.06. The molecule has 0 unspecified atom stereocenters. The summed E-state index contributed by atoms with van der Waals surface area (Å²) in [4.78, 5) is 11.1. The number of hydrogen-bond donors (Lipinski definition) is 0. The minimum absolute atomic E-state index is 0.118. The number of methoxy groups -OCH3 is 1. The van der Waals surface area contributed by atoms with Crippen LogP contribution in [0.4, 0.5) is 0 Å². The van der Waals surface area contributed by atoms with Gasteiger partial charge in [0.25, 0.3) is 0 Å². The van der Waals surface area contributed by atoms with E-state index >= 15 is 0 Å². The SMILES string of the molecule is C#C[C@@H](CCC(=O)OC)O[Si](C)(C)C(C)(C)C. The highest BCUT2D eigenvalue weighted by Gasteiger charge is 2.38. The third kappa shape index (κ3) is 5.38. The monoisotopic (exact) mass is 256 g/mol. The molecule has 0 N–H and O–H groups in total. The Hall–Kier alpha value is -0.793. The van der Waals surface area contributed by atoms with E-state index in [-0.39, 0.29) is 17.1 Å². The van der Waals surface area contributed by atoms with Crippen molar-refractivity contribution in [3.8, 4) is 12.3 Å². The van der Waals surface area contributed by atoms with Crippen LogP contribution >= 0.6 is 0 Å². The molecule has 4 heteroatoms. The lowest BCUT2D eigenvalue weighted by atomic mass is 10.2. The molecule has 0 radical (unpaired) electrons. The van der Waals surface area contributed by atoms with Gasteiger partial charge in [-0.1, -0.05) is 26.7 Å². The molecule has 3 nitrogen and oxygen atoms in total. The molecule has 98 valence electrons. The molecule has 0 aromatic rings. The molecule has 0 rings (SSSR count). The zero-order valence-corrected chi connectivity index (χ0v) is 12.8. The zero-order valence-electron chi connectivity index (χ0n) is 11.8. The Morgan fingerprint density at radius 2 is 1.94 bits per heavy atom. The van der Waals surface area contributed by atoms with Gasteiger partial charge in [0.05, 0.1) is 7.11 Å². The first-order chi connectivity index (χ1) is 7.64. The second kappa shape index (κ2) is 6.22. The summed E-state index contributed by atoms with van der Waals surface area (Å²) in [6.45, 7) is 10.8. The van der Waals surface area contributed by atoms with Gasteiger partial charge < -0.3 is 9.16 Å². The highest BCUT2D eigenvalue weighted by Crippen LogP contribution is 2.37. The minimum atomic E-state index is -1.87. The smallest absolute Gasteiger partial charge is 0.305 e. The molecule has 0 spiro atoms. The van der Waals surface area contributed by atoms with Crippen molar-refractivity contribution in [2.24, 2.45) is 0 Å². The van der Waals surface area contributed by atoms with E-state index in [9.17, 15) is 4.79 Å². The maximum atomic E-state index is 11.1. The molecule has 17 heavy (non-hydrogen) atoms. The van der Waals surface area contributed by atoms with E-state index in [0.29, 0.717) is 12.8 Å². The largest absolute Gasteiger partial charge is 0.469 e. The second-order valence-corrected chi connectivity index (χ2v) is 10.4. The Labute approximate surface area is 106 Å². The molecule has 0 aliphatic rings. The first kappa shape index (κ1) is 16.2. The van der Waals surface area contributed by atoms with Crippen LogP contribution in [0, 0.1) is 12.3 Å². The Morgan fingerprint density at radius 1 is 1.41 bits per heavy atom. The molecule has 0 aromatic heterocycles. The van der Waals surface area contributed by atoms with Gasteiger partial charge in [0, 0.05) is 6.42 Å². The predicted octanol–water partition coefficient (Wildman–Crippen LogP) is 2.96. The summed E-state index contributed by atoms with van der Waals surface area (Å²) in [5.74, 6) is 2.37. The number of carbonyl (C=O) groups excluding carboxylic acids is 1. The normalized spacial score (nSPS) is 13.9. The van der Waals surface area contributed by atoms with Crippen LogP contribution in [-0.4, -0.2) is 27.5 Å². The summed E-state index contributed by atoms with van der Waals surface area (Å²) in [5.41, 5.74) is 0. The maximum absolute atomic E-state index is 11.1. The summed E-state index contributed by atoms with van der Waals surface area (Å²) in [5, 5.41) is 0.118. The van der Waals surface area contributed by atoms with Crippen molar-refractivity contribution in [3.63, 3.8) is 0 Å². The fourth-order valence-corrected chi connectivity index (χ4v) is 2.31.